The van der Waals surface area contributed by atoms with Crippen molar-refractivity contribution >= 4 is 33.5 Å². The van der Waals surface area contributed by atoms with E-state index in [2.05, 4.69) is 20.9 Å². The summed E-state index contributed by atoms with van der Waals surface area (Å²) in [5.41, 5.74) is 0.600. The van der Waals surface area contributed by atoms with Crippen molar-refractivity contribution in [2.75, 3.05) is 0 Å². The summed E-state index contributed by atoms with van der Waals surface area (Å²) in [6.45, 7) is 5.94. The van der Waals surface area contributed by atoms with Crippen LogP contribution in [-0.4, -0.2) is 16.1 Å². The Morgan fingerprint density at radius 3 is 2.47 bits per heavy atom. The summed E-state index contributed by atoms with van der Waals surface area (Å²) in [5, 5.41) is 9.12. The van der Waals surface area contributed by atoms with Crippen LogP contribution in [0, 0.1) is 0 Å². The zero-order valence-electron chi connectivity index (χ0n) is 8.64. The lowest BCUT2D eigenvalue weighted by Crippen LogP contribution is -2.15. The lowest BCUT2D eigenvalue weighted by Gasteiger charge is -2.21. The molecule has 1 aromatic rings. The smallest absolute Gasteiger partial charge is 0.355 e. The van der Waals surface area contributed by atoms with Gasteiger partial charge in [0.25, 0.3) is 0 Å². The molecule has 1 heterocycles. The van der Waals surface area contributed by atoms with Gasteiger partial charge in [-0.25, -0.2) is 9.78 Å². The van der Waals surface area contributed by atoms with Gasteiger partial charge >= 0.3 is 5.97 Å². The van der Waals surface area contributed by atoms with Crippen molar-refractivity contribution in [3.8, 4) is 0 Å². The van der Waals surface area contributed by atoms with Gasteiger partial charge in [0.15, 0.2) is 5.69 Å². The fourth-order valence-electron chi connectivity index (χ4n) is 1.19. The third-order valence-corrected chi connectivity index (χ3v) is 2.93. The third kappa shape index (κ3) is 2.69. The minimum absolute atomic E-state index is 0.0487. The van der Waals surface area contributed by atoms with Crippen LogP contribution in [0.4, 0.5) is 0 Å². The highest BCUT2D eigenvalue weighted by Crippen LogP contribution is 2.33. The van der Waals surface area contributed by atoms with Gasteiger partial charge < -0.3 is 5.11 Å². The Kier molecular flexibility index (Phi) is 3.41. The molecule has 1 rings (SSSR count). The van der Waals surface area contributed by atoms with Gasteiger partial charge in [-0.2, -0.15) is 0 Å². The van der Waals surface area contributed by atoms with Crippen LogP contribution in [-0.2, 0) is 5.41 Å². The van der Waals surface area contributed by atoms with E-state index in [4.69, 9.17) is 16.7 Å². The van der Waals surface area contributed by atoms with Crippen molar-refractivity contribution in [2.45, 2.75) is 26.2 Å². The topological polar surface area (TPSA) is 50.2 Å². The number of carbonyl (C=O) groups is 1. The first-order valence-corrected chi connectivity index (χ1v) is 5.50. The van der Waals surface area contributed by atoms with Gasteiger partial charge in [0, 0.05) is 0 Å². The fourth-order valence-corrected chi connectivity index (χ4v) is 2.35. The molecule has 15 heavy (non-hydrogen) atoms. The molecule has 0 saturated heterocycles. The van der Waals surface area contributed by atoms with Crippen LogP contribution in [0.2, 0.25) is 5.15 Å². The SMILES string of the molecule is CC(C)(C)c1cc(Cl)nc(C(=O)O)c1Br. The molecule has 0 aliphatic rings. The number of pyridine rings is 1. The molecule has 0 aromatic carbocycles. The lowest BCUT2D eigenvalue weighted by molar-refractivity contribution is 0.0689. The summed E-state index contributed by atoms with van der Waals surface area (Å²) in [6, 6.07) is 1.68. The zero-order chi connectivity index (χ0) is 11.8. The van der Waals surface area contributed by atoms with Gasteiger partial charge in [-0.3, -0.25) is 0 Å². The van der Waals surface area contributed by atoms with Crippen molar-refractivity contribution in [3.63, 3.8) is 0 Å². The van der Waals surface area contributed by atoms with Crippen molar-refractivity contribution in [1.82, 2.24) is 4.98 Å². The Hall–Kier alpha value is -0.610. The highest BCUT2D eigenvalue weighted by molar-refractivity contribution is 9.10. The predicted molar refractivity (Wildman–Crippen MR) is 62.6 cm³/mol. The zero-order valence-corrected chi connectivity index (χ0v) is 11.0. The average molecular weight is 293 g/mol. The van der Waals surface area contributed by atoms with Crippen LogP contribution in [0.15, 0.2) is 10.5 Å². The molecule has 0 amide bonds. The molecule has 82 valence electrons. The van der Waals surface area contributed by atoms with Crippen molar-refractivity contribution in [2.24, 2.45) is 0 Å². The van der Waals surface area contributed by atoms with Gasteiger partial charge in [0.2, 0.25) is 0 Å². The fraction of sp³-hybridized carbons (Fsp3) is 0.400. The van der Waals surface area contributed by atoms with Crippen molar-refractivity contribution < 1.29 is 9.90 Å². The molecule has 1 aromatic heterocycles. The number of nitrogens with zero attached hydrogens (tertiary/aromatic N) is 1. The van der Waals surface area contributed by atoms with Gasteiger partial charge in [-0.15, -0.1) is 0 Å². The number of carboxylic acids is 1. The molecule has 3 nitrogen and oxygen atoms in total. The van der Waals surface area contributed by atoms with E-state index in [0.717, 1.165) is 5.56 Å². The Labute approximate surface area is 102 Å². The minimum Gasteiger partial charge on any atom is -0.476 e. The summed E-state index contributed by atoms with van der Waals surface area (Å²) < 4.78 is 0.493. The second kappa shape index (κ2) is 4.10. The second-order valence-corrected chi connectivity index (χ2v) is 5.39. The van der Waals surface area contributed by atoms with E-state index in [9.17, 15) is 4.79 Å². The van der Waals surface area contributed by atoms with Crippen LogP contribution in [0.1, 0.15) is 36.8 Å². The summed E-state index contributed by atoms with van der Waals surface area (Å²) >= 11 is 9.03. The maximum Gasteiger partial charge on any atom is 0.355 e. The molecule has 0 fully saturated rings. The Bertz CT molecular complexity index is 413. The number of hydrogen-bond donors (Lipinski definition) is 1. The number of aromatic carboxylic acids is 1. The molecule has 0 bridgehead atoms. The van der Waals surface area contributed by atoms with E-state index in [0.29, 0.717) is 4.47 Å². The van der Waals surface area contributed by atoms with E-state index < -0.39 is 5.97 Å². The van der Waals surface area contributed by atoms with Crippen molar-refractivity contribution in [3.05, 3.63) is 26.9 Å². The Balaban J connectivity index is 3.49. The third-order valence-electron chi connectivity index (χ3n) is 1.94. The first-order valence-electron chi connectivity index (χ1n) is 4.33. The predicted octanol–water partition coefficient (Wildman–Crippen LogP) is 3.49. The van der Waals surface area contributed by atoms with Crippen LogP contribution >= 0.6 is 27.5 Å². The first kappa shape index (κ1) is 12.5. The molecule has 5 heteroatoms. The molecule has 0 aliphatic heterocycles. The van der Waals surface area contributed by atoms with Crippen LogP contribution < -0.4 is 0 Å². The summed E-state index contributed by atoms with van der Waals surface area (Å²) in [4.78, 5) is 14.7. The van der Waals surface area contributed by atoms with Crippen LogP contribution in [0.3, 0.4) is 0 Å². The van der Waals surface area contributed by atoms with Crippen LogP contribution in [0.25, 0.3) is 0 Å². The lowest BCUT2D eigenvalue weighted by atomic mass is 9.87. The number of hydrogen-bond acceptors (Lipinski definition) is 2. The Morgan fingerprint density at radius 2 is 2.07 bits per heavy atom. The van der Waals surface area contributed by atoms with E-state index >= 15 is 0 Å². The van der Waals surface area contributed by atoms with Gasteiger partial charge in [0.1, 0.15) is 5.15 Å². The maximum atomic E-state index is 10.9. The normalized spacial score (nSPS) is 11.5. The van der Waals surface area contributed by atoms with E-state index in [1.807, 2.05) is 20.8 Å². The highest BCUT2D eigenvalue weighted by atomic mass is 79.9. The van der Waals surface area contributed by atoms with E-state index in [1.54, 1.807) is 6.07 Å². The standard InChI is InChI=1S/C10H11BrClNO2/c1-10(2,3)5-4-6(12)13-8(7(5)11)9(14)15/h4H,1-3H3,(H,14,15). The second-order valence-electron chi connectivity index (χ2n) is 4.21. The number of carboxylic acid groups (broad SMARTS) is 1. The highest BCUT2D eigenvalue weighted by Gasteiger charge is 2.23. The average Bonchev–Trinajstić information content (AvgIpc) is 2.06. The number of halogens is 2. The summed E-state index contributed by atoms with van der Waals surface area (Å²) in [5.74, 6) is -1.09. The van der Waals surface area contributed by atoms with Gasteiger partial charge in [-0.05, 0) is 33.0 Å². The first-order chi connectivity index (χ1) is 6.73. The molecule has 0 unspecified atom stereocenters. The summed E-state index contributed by atoms with van der Waals surface area (Å²) in [7, 11) is 0. The van der Waals surface area contributed by atoms with E-state index in [-0.39, 0.29) is 16.3 Å². The number of rotatable bonds is 1. The van der Waals surface area contributed by atoms with Gasteiger partial charge in [0.05, 0.1) is 4.47 Å². The van der Waals surface area contributed by atoms with E-state index in [1.165, 1.54) is 0 Å². The van der Waals surface area contributed by atoms with Gasteiger partial charge in [-0.1, -0.05) is 32.4 Å². The molecule has 0 spiro atoms. The van der Waals surface area contributed by atoms with Crippen molar-refractivity contribution in [1.29, 1.82) is 0 Å². The molecule has 0 aliphatic carbocycles. The molecule has 1 N–H and O–H groups in total. The minimum atomic E-state index is -1.09. The quantitative estimate of drug-likeness (QED) is 0.806. The molecule has 0 saturated carbocycles. The monoisotopic (exact) mass is 291 g/mol. The summed E-state index contributed by atoms with van der Waals surface area (Å²) in [6.07, 6.45) is 0. The molecular formula is C10H11BrClNO2. The number of aromatic nitrogens is 1. The molecule has 0 atom stereocenters. The maximum absolute atomic E-state index is 10.9. The largest absolute Gasteiger partial charge is 0.476 e. The Morgan fingerprint density at radius 1 is 1.53 bits per heavy atom. The van der Waals surface area contributed by atoms with Crippen LogP contribution in [0.5, 0.6) is 0 Å². The molecular weight excluding hydrogens is 281 g/mol. The molecule has 0 radical (unpaired) electrons.